The second-order valence-electron chi connectivity index (χ2n) is 6.38. The summed E-state index contributed by atoms with van der Waals surface area (Å²) in [6, 6.07) is 12.9. The van der Waals surface area contributed by atoms with Crippen LogP contribution in [0.5, 0.6) is 0 Å². The van der Waals surface area contributed by atoms with Crippen LogP contribution in [0.25, 0.3) is 0 Å². The molecule has 24 heavy (non-hydrogen) atoms. The molecule has 0 fully saturated rings. The summed E-state index contributed by atoms with van der Waals surface area (Å²) in [4.78, 5) is 13.0. The van der Waals surface area contributed by atoms with Gasteiger partial charge in [-0.3, -0.25) is 4.79 Å². The number of rotatable bonds is 3. The maximum absolute atomic E-state index is 12.7. The Hall–Kier alpha value is -2.14. The van der Waals surface area contributed by atoms with Crippen LogP contribution in [-0.4, -0.2) is 20.6 Å². The predicted octanol–water partition coefficient (Wildman–Crippen LogP) is 3.46. The van der Waals surface area contributed by atoms with Gasteiger partial charge in [0.25, 0.3) is 0 Å². The average molecular weight is 343 g/mol. The second-order valence-corrected chi connectivity index (χ2v) is 8.40. The normalized spacial score (nSPS) is 17.2. The first kappa shape index (κ1) is 16.7. The van der Waals surface area contributed by atoms with Gasteiger partial charge in [-0.25, -0.2) is 8.42 Å². The van der Waals surface area contributed by atoms with Gasteiger partial charge in [-0.15, -0.1) is 0 Å². The van der Waals surface area contributed by atoms with Crippen molar-refractivity contribution in [3.8, 4) is 0 Å². The molecule has 2 aromatic rings. The van der Waals surface area contributed by atoms with Crippen LogP contribution >= 0.6 is 0 Å². The van der Waals surface area contributed by atoms with E-state index in [1.165, 1.54) is 17.9 Å². The summed E-state index contributed by atoms with van der Waals surface area (Å²) in [7, 11) is -3.24. The van der Waals surface area contributed by atoms with E-state index in [1.807, 2.05) is 18.2 Å². The number of sulfone groups is 1. The molecule has 0 bridgehead atoms. The topological polar surface area (TPSA) is 63.2 Å². The molecule has 126 valence electrons. The molecule has 5 heteroatoms. The molecular weight excluding hydrogens is 322 g/mol. The Morgan fingerprint density at radius 3 is 2.62 bits per heavy atom. The third-order valence-electron chi connectivity index (χ3n) is 4.57. The largest absolute Gasteiger partial charge is 0.325 e. The van der Waals surface area contributed by atoms with Crippen molar-refractivity contribution in [2.75, 3.05) is 11.6 Å². The molecule has 1 N–H and O–H groups in total. The first-order chi connectivity index (χ1) is 11.4. The van der Waals surface area contributed by atoms with Gasteiger partial charge < -0.3 is 5.32 Å². The number of anilines is 1. The van der Waals surface area contributed by atoms with Crippen LogP contribution in [0.4, 0.5) is 5.69 Å². The van der Waals surface area contributed by atoms with Crippen molar-refractivity contribution in [2.45, 2.75) is 37.0 Å². The van der Waals surface area contributed by atoms with Crippen molar-refractivity contribution in [3.05, 3.63) is 59.2 Å². The van der Waals surface area contributed by atoms with Crippen molar-refractivity contribution in [1.82, 2.24) is 0 Å². The molecule has 1 aliphatic rings. The first-order valence-corrected chi connectivity index (χ1v) is 9.95. The van der Waals surface area contributed by atoms with Crippen molar-refractivity contribution < 1.29 is 13.2 Å². The van der Waals surface area contributed by atoms with Gasteiger partial charge in [-0.1, -0.05) is 24.3 Å². The standard InChI is InChI=1S/C19H21NO3S/c1-13-12-15(24(2,22)23)10-11-18(13)20-19(21)17-9-5-7-14-6-3-4-8-16(14)17/h3-4,6,8,10-12,17H,5,7,9H2,1-2H3,(H,20,21)/t17-/m0/s1. The lowest BCUT2D eigenvalue weighted by Crippen LogP contribution is -2.25. The van der Waals surface area contributed by atoms with Gasteiger partial charge in [0.2, 0.25) is 5.91 Å². The number of carbonyl (C=O) groups is 1. The Kier molecular flexibility index (Phi) is 4.45. The molecule has 1 atom stereocenters. The minimum Gasteiger partial charge on any atom is -0.325 e. The number of amides is 1. The molecule has 0 spiro atoms. The lowest BCUT2D eigenvalue weighted by molar-refractivity contribution is -0.117. The Morgan fingerprint density at radius 2 is 1.92 bits per heavy atom. The maximum atomic E-state index is 12.7. The minimum atomic E-state index is -3.24. The fourth-order valence-electron chi connectivity index (χ4n) is 3.25. The SMILES string of the molecule is Cc1cc(S(C)(=O)=O)ccc1NC(=O)[C@H]1CCCc2ccccc21. The Morgan fingerprint density at radius 1 is 1.17 bits per heavy atom. The zero-order valence-electron chi connectivity index (χ0n) is 13.9. The molecule has 1 aliphatic carbocycles. The highest BCUT2D eigenvalue weighted by atomic mass is 32.2. The summed E-state index contributed by atoms with van der Waals surface area (Å²) in [5.74, 6) is -0.179. The number of carbonyl (C=O) groups excluding carboxylic acids is 1. The molecule has 0 aromatic heterocycles. The van der Waals surface area contributed by atoms with Crippen LogP contribution in [0, 0.1) is 6.92 Å². The van der Waals surface area contributed by atoms with E-state index in [1.54, 1.807) is 19.1 Å². The number of fused-ring (bicyclic) bond motifs is 1. The molecule has 2 aromatic carbocycles. The Labute approximate surface area is 142 Å². The van der Waals surface area contributed by atoms with E-state index in [0.717, 1.165) is 30.4 Å². The fraction of sp³-hybridized carbons (Fsp3) is 0.316. The summed E-state index contributed by atoms with van der Waals surface area (Å²) in [5.41, 5.74) is 3.76. The molecule has 0 aliphatic heterocycles. The minimum absolute atomic E-state index is 0.0302. The van der Waals surface area contributed by atoms with Gasteiger partial charge in [0, 0.05) is 11.9 Å². The molecule has 0 saturated heterocycles. The van der Waals surface area contributed by atoms with E-state index in [9.17, 15) is 13.2 Å². The average Bonchev–Trinajstić information content (AvgIpc) is 2.55. The second kappa shape index (κ2) is 6.40. The molecule has 4 nitrogen and oxygen atoms in total. The van der Waals surface area contributed by atoms with Gasteiger partial charge in [-0.05, 0) is 61.1 Å². The van der Waals surface area contributed by atoms with E-state index < -0.39 is 9.84 Å². The number of hydrogen-bond acceptors (Lipinski definition) is 3. The zero-order chi connectivity index (χ0) is 17.3. The molecule has 1 amide bonds. The Balaban J connectivity index is 1.84. The molecule has 0 radical (unpaired) electrons. The summed E-state index contributed by atoms with van der Waals surface area (Å²) >= 11 is 0. The Bertz CT molecular complexity index is 887. The highest BCUT2D eigenvalue weighted by Gasteiger charge is 2.26. The molecule has 3 rings (SSSR count). The molecular formula is C19H21NO3S. The van der Waals surface area contributed by atoms with Crippen LogP contribution in [-0.2, 0) is 21.1 Å². The monoisotopic (exact) mass is 343 g/mol. The first-order valence-electron chi connectivity index (χ1n) is 8.05. The summed E-state index contributed by atoms with van der Waals surface area (Å²) in [5, 5.41) is 2.97. The van der Waals surface area contributed by atoms with Crippen molar-refractivity contribution in [3.63, 3.8) is 0 Å². The molecule has 0 heterocycles. The van der Waals surface area contributed by atoms with Crippen LogP contribution < -0.4 is 5.32 Å². The van der Waals surface area contributed by atoms with E-state index in [2.05, 4.69) is 11.4 Å². The zero-order valence-corrected chi connectivity index (χ0v) is 14.7. The quantitative estimate of drug-likeness (QED) is 0.928. The maximum Gasteiger partial charge on any atom is 0.231 e. The fourth-order valence-corrected chi connectivity index (χ4v) is 3.96. The third-order valence-corrected chi connectivity index (χ3v) is 5.68. The molecule has 0 unspecified atom stereocenters. The third kappa shape index (κ3) is 3.36. The highest BCUT2D eigenvalue weighted by molar-refractivity contribution is 7.90. The van der Waals surface area contributed by atoms with Gasteiger partial charge in [-0.2, -0.15) is 0 Å². The number of benzene rings is 2. The van der Waals surface area contributed by atoms with E-state index in [0.29, 0.717) is 5.69 Å². The highest BCUT2D eigenvalue weighted by Crippen LogP contribution is 2.32. The smallest absolute Gasteiger partial charge is 0.231 e. The summed E-state index contributed by atoms with van der Waals surface area (Å²) < 4.78 is 23.2. The van der Waals surface area contributed by atoms with Crippen LogP contribution in [0.15, 0.2) is 47.4 Å². The van der Waals surface area contributed by atoms with Gasteiger partial charge in [0.05, 0.1) is 10.8 Å². The lowest BCUT2D eigenvalue weighted by atomic mass is 9.82. The van der Waals surface area contributed by atoms with Crippen LogP contribution in [0.2, 0.25) is 0 Å². The summed E-state index contributed by atoms with van der Waals surface area (Å²) in [6.45, 7) is 1.80. The number of hydrogen-bond donors (Lipinski definition) is 1. The van der Waals surface area contributed by atoms with E-state index in [-0.39, 0.29) is 16.7 Å². The van der Waals surface area contributed by atoms with Crippen molar-refractivity contribution in [1.29, 1.82) is 0 Å². The van der Waals surface area contributed by atoms with Gasteiger partial charge in [0.15, 0.2) is 9.84 Å². The lowest BCUT2D eigenvalue weighted by Gasteiger charge is -2.25. The van der Waals surface area contributed by atoms with Crippen LogP contribution in [0.1, 0.15) is 35.4 Å². The van der Waals surface area contributed by atoms with E-state index in [4.69, 9.17) is 0 Å². The number of nitrogens with one attached hydrogen (secondary N) is 1. The predicted molar refractivity (Wildman–Crippen MR) is 95.0 cm³/mol. The van der Waals surface area contributed by atoms with Gasteiger partial charge in [0.1, 0.15) is 0 Å². The van der Waals surface area contributed by atoms with Crippen LogP contribution in [0.3, 0.4) is 0 Å². The van der Waals surface area contributed by atoms with Crippen molar-refractivity contribution >= 4 is 21.4 Å². The van der Waals surface area contributed by atoms with E-state index >= 15 is 0 Å². The summed E-state index contributed by atoms with van der Waals surface area (Å²) in [6.07, 6.45) is 4.03. The number of aryl methyl sites for hydroxylation is 2. The van der Waals surface area contributed by atoms with Gasteiger partial charge >= 0.3 is 0 Å². The van der Waals surface area contributed by atoms with Crippen molar-refractivity contribution in [2.24, 2.45) is 0 Å². The molecule has 0 saturated carbocycles.